The van der Waals surface area contributed by atoms with Crippen molar-refractivity contribution in [1.29, 1.82) is 0 Å². The normalized spacial score (nSPS) is 24.9. The van der Waals surface area contributed by atoms with Crippen molar-refractivity contribution in [2.24, 2.45) is 5.73 Å². The highest BCUT2D eigenvalue weighted by Gasteiger charge is 2.36. The molecule has 96 valence electrons. The summed E-state index contributed by atoms with van der Waals surface area (Å²) in [5, 5.41) is 0. The molecule has 0 aromatic rings. The summed E-state index contributed by atoms with van der Waals surface area (Å²) in [6.07, 6.45) is 6.02. The Hall–Kier alpha value is -0.120. The number of ether oxygens (including phenoxy) is 1. The lowest BCUT2D eigenvalue weighted by molar-refractivity contribution is 0.0541. The number of likely N-dealkylation sites (N-methyl/N-ethyl adjacent to an activating group) is 1. The number of rotatable bonds is 7. The smallest absolute Gasteiger partial charge is 0.0622 e. The van der Waals surface area contributed by atoms with Crippen LogP contribution in [0.15, 0.2) is 0 Å². The summed E-state index contributed by atoms with van der Waals surface area (Å²) in [4.78, 5) is 2.50. The molecule has 0 aromatic carbocycles. The zero-order valence-corrected chi connectivity index (χ0v) is 11.2. The van der Waals surface area contributed by atoms with E-state index in [9.17, 15) is 0 Å². The molecular weight excluding hydrogens is 200 g/mol. The van der Waals surface area contributed by atoms with E-state index in [0.29, 0.717) is 6.04 Å². The molecule has 2 N–H and O–H groups in total. The fraction of sp³-hybridized carbons (Fsp3) is 1.00. The average Bonchev–Trinajstić information content (AvgIpc) is 2.84. The van der Waals surface area contributed by atoms with Crippen molar-refractivity contribution in [2.75, 3.05) is 26.8 Å². The second-order valence-electron chi connectivity index (χ2n) is 5.01. The van der Waals surface area contributed by atoms with Crippen LogP contribution >= 0.6 is 0 Å². The van der Waals surface area contributed by atoms with Crippen LogP contribution in [0.5, 0.6) is 0 Å². The van der Waals surface area contributed by atoms with Crippen LogP contribution in [0.2, 0.25) is 0 Å². The molecule has 3 heteroatoms. The molecule has 0 aromatic heterocycles. The molecule has 0 radical (unpaired) electrons. The topological polar surface area (TPSA) is 38.5 Å². The van der Waals surface area contributed by atoms with E-state index in [2.05, 4.69) is 25.8 Å². The first kappa shape index (κ1) is 13.9. The van der Waals surface area contributed by atoms with Gasteiger partial charge in [0.1, 0.15) is 0 Å². The van der Waals surface area contributed by atoms with Gasteiger partial charge in [-0.1, -0.05) is 26.7 Å². The minimum absolute atomic E-state index is 0.189. The van der Waals surface area contributed by atoms with E-state index in [1.54, 1.807) is 0 Å². The predicted molar refractivity (Wildman–Crippen MR) is 68.6 cm³/mol. The number of unbranched alkanes of at least 4 members (excludes halogenated alkanes) is 1. The Morgan fingerprint density at radius 2 is 2.19 bits per heavy atom. The number of nitrogens with two attached hydrogens (primary N) is 1. The van der Waals surface area contributed by atoms with Crippen LogP contribution in [0.3, 0.4) is 0 Å². The second kappa shape index (κ2) is 6.58. The number of hydrogen-bond donors (Lipinski definition) is 1. The summed E-state index contributed by atoms with van der Waals surface area (Å²) in [6.45, 7) is 7.05. The van der Waals surface area contributed by atoms with Crippen LogP contribution in [-0.4, -0.2) is 43.3 Å². The highest BCUT2D eigenvalue weighted by Crippen LogP contribution is 2.28. The van der Waals surface area contributed by atoms with Crippen molar-refractivity contribution in [3.8, 4) is 0 Å². The standard InChI is InChI=1S/C13H28N2O/c1-4-6-8-13(5-2,11-14)15(3)12-7-9-16-10-12/h12H,4-11,14H2,1-3H3. The van der Waals surface area contributed by atoms with E-state index >= 15 is 0 Å². The van der Waals surface area contributed by atoms with E-state index in [0.717, 1.165) is 32.6 Å². The molecule has 0 bridgehead atoms. The highest BCUT2D eigenvalue weighted by atomic mass is 16.5. The molecule has 0 saturated carbocycles. The highest BCUT2D eigenvalue weighted by molar-refractivity contribution is 4.93. The fourth-order valence-corrected chi connectivity index (χ4v) is 2.71. The van der Waals surface area contributed by atoms with E-state index in [-0.39, 0.29) is 5.54 Å². The zero-order valence-electron chi connectivity index (χ0n) is 11.2. The summed E-state index contributed by atoms with van der Waals surface area (Å²) < 4.78 is 5.48. The van der Waals surface area contributed by atoms with Crippen LogP contribution in [0.1, 0.15) is 46.0 Å². The lowest BCUT2D eigenvalue weighted by Gasteiger charge is -2.44. The summed E-state index contributed by atoms with van der Waals surface area (Å²) in [5.41, 5.74) is 6.23. The van der Waals surface area contributed by atoms with Gasteiger partial charge in [0.2, 0.25) is 0 Å². The number of nitrogens with zero attached hydrogens (tertiary/aromatic N) is 1. The minimum atomic E-state index is 0.189. The third-order valence-electron chi connectivity index (χ3n) is 4.24. The molecule has 1 saturated heterocycles. The number of hydrogen-bond acceptors (Lipinski definition) is 3. The predicted octanol–water partition coefficient (Wildman–Crippen LogP) is 2.00. The van der Waals surface area contributed by atoms with E-state index in [4.69, 9.17) is 10.5 Å². The van der Waals surface area contributed by atoms with Crippen molar-refractivity contribution in [3.63, 3.8) is 0 Å². The maximum absolute atomic E-state index is 6.05. The fourth-order valence-electron chi connectivity index (χ4n) is 2.71. The maximum Gasteiger partial charge on any atom is 0.0622 e. The molecule has 0 aliphatic carbocycles. The average molecular weight is 228 g/mol. The Labute approximate surface area is 100 Å². The van der Waals surface area contributed by atoms with E-state index in [1.807, 2.05) is 0 Å². The van der Waals surface area contributed by atoms with Crippen molar-refractivity contribution >= 4 is 0 Å². The van der Waals surface area contributed by atoms with Gasteiger partial charge in [0.15, 0.2) is 0 Å². The van der Waals surface area contributed by atoms with Gasteiger partial charge in [-0.3, -0.25) is 4.90 Å². The van der Waals surface area contributed by atoms with Crippen molar-refractivity contribution in [3.05, 3.63) is 0 Å². The van der Waals surface area contributed by atoms with Crippen LogP contribution in [0, 0.1) is 0 Å². The van der Waals surface area contributed by atoms with Crippen LogP contribution in [0.4, 0.5) is 0 Å². The quantitative estimate of drug-likeness (QED) is 0.724. The molecule has 1 fully saturated rings. The van der Waals surface area contributed by atoms with Gasteiger partial charge in [0.05, 0.1) is 6.61 Å². The van der Waals surface area contributed by atoms with Gasteiger partial charge in [0, 0.05) is 24.7 Å². The molecule has 2 unspecified atom stereocenters. The Balaban J connectivity index is 2.65. The summed E-state index contributed by atoms with van der Waals surface area (Å²) in [6, 6.07) is 0.570. The molecule has 3 nitrogen and oxygen atoms in total. The minimum Gasteiger partial charge on any atom is -0.380 e. The monoisotopic (exact) mass is 228 g/mol. The summed E-state index contributed by atoms with van der Waals surface area (Å²) in [5.74, 6) is 0. The van der Waals surface area contributed by atoms with Gasteiger partial charge in [-0.2, -0.15) is 0 Å². The molecule has 2 atom stereocenters. The first-order valence-corrected chi connectivity index (χ1v) is 6.71. The van der Waals surface area contributed by atoms with Crippen LogP contribution in [0.25, 0.3) is 0 Å². The Bertz CT molecular complexity index is 186. The Morgan fingerprint density at radius 3 is 2.62 bits per heavy atom. The zero-order chi connectivity index (χ0) is 12.0. The van der Waals surface area contributed by atoms with Gasteiger partial charge < -0.3 is 10.5 Å². The molecule has 1 aliphatic rings. The van der Waals surface area contributed by atoms with Gasteiger partial charge in [-0.25, -0.2) is 0 Å². The Kier molecular flexibility index (Phi) is 5.73. The SMILES string of the molecule is CCCCC(CC)(CN)N(C)C1CCOC1. The second-order valence-corrected chi connectivity index (χ2v) is 5.01. The molecule has 16 heavy (non-hydrogen) atoms. The lowest BCUT2D eigenvalue weighted by atomic mass is 9.86. The third kappa shape index (κ3) is 2.96. The summed E-state index contributed by atoms with van der Waals surface area (Å²) in [7, 11) is 2.23. The first-order chi connectivity index (χ1) is 7.70. The molecule has 1 rings (SSSR count). The van der Waals surface area contributed by atoms with Crippen molar-refractivity contribution < 1.29 is 4.74 Å². The summed E-state index contributed by atoms with van der Waals surface area (Å²) >= 11 is 0. The van der Waals surface area contributed by atoms with Crippen LogP contribution < -0.4 is 5.73 Å². The lowest BCUT2D eigenvalue weighted by Crippen LogP contribution is -2.55. The van der Waals surface area contributed by atoms with Crippen molar-refractivity contribution in [1.82, 2.24) is 4.90 Å². The third-order valence-corrected chi connectivity index (χ3v) is 4.24. The molecule has 0 spiro atoms. The maximum atomic E-state index is 6.05. The van der Waals surface area contributed by atoms with Crippen LogP contribution in [-0.2, 0) is 4.74 Å². The Morgan fingerprint density at radius 1 is 1.44 bits per heavy atom. The van der Waals surface area contributed by atoms with Gasteiger partial charge in [0.25, 0.3) is 0 Å². The van der Waals surface area contributed by atoms with E-state index < -0.39 is 0 Å². The van der Waals surface area contributed by atoms with Gasteiger partial charge in [-0.05, 0) is 26.3 Å². The van der Waals surface area contributed by atoms with E-state index in [1.165, 1.54) is 19.3 Å². The molecule has 1 heterocycles. The molecule has 1 aliphatic heterocycles. The largest absolute Gasteiger partial charge is 0.380 e. The van der Waals surface area contributed by atoms with Gasteiger partial charge >= 0.3 is 0 Å². The molecular formula is C13H28N2O. The molecule has 0 amide bonds. The van der Waals surface area contributed by atoms with Gasteiger partial charge in [-0.15, -0.1) is 0 Å². The first-order valence-electron chi connectivity index (χ1n) is 6.71. The van der Waals surface area contributed by atoms with Crippen molar-refractivity contribution in [2.45, 2.75) is 57.5 Å².